The van der Waals surface area contributed by atoms with E-state index in [4.69, 9.17) is 34.8 Å². The summed E-state index contributed by atoms with van der Waals surface area (Å²) in [6, 6.07) is 17.5. The maximum Gasteiger partial charge on any atom is 0.246 e. The van der Waals surface area contributed by atoms with Crippen molar-refractivity contribution in [2.45, 2.75) is 10.9 Å². The Kier molecular flexibility index (Phi) is 6.47. The summed E-state index contributed by atoms with van der Waals surface area (Å²) in [7, 11) is -4.01. The molecule has 9 heteroatoms. The van der Waals surface area contributed by atoms with E-state index in [1.54, 1.807) is 24.3 Å². The van der Waals surface area contributed by atoms with Gasteiger partial charge in [-0.1, -0.05) is 59.1 Å². The van der Waals surface area contributed by atoms with Crippen molar-refractivity contribution in [2.75, 3.05) is 24.5 Å². The molecule has 1 heterocycles. The number of rotatable bonds is 4. The topological polar surface area (TPSA) is 40.6 Å². The number of sulfonamides is 1. The molecular weight excluding hydrogens is 482 g/mol. The number of benzene rings is 3. The fraction of sp³-hybridized carbons (Fsp3) is 0.182. The lowest BCUT2D eigenvalue weighted by Gasteiger charge is -2.42. The Morgan fingerprint density at radius 3 is 2.23 bits per heavy atom. The standard InChI is InChI=1S/C22H18Cl3FN2O2S/c23-16-7-5-15(6-8-16)21-14-27(31(29,30)22-4-2-1-3-19(22)26)11-12-28(21)20-10-9-17(24)13-18(20)25/h1-10,13,21H,11-12,14H2. The summed E-state index contributed by atoms with van der Waals surface area (Å²) in [6.45, 7) is 0.666. The summed E-state index contributed by atoms with van der Waals surface area (Å²) in [5.74, 6) is -0.770. The molecule has 1 aliphatic rings. The number of hydrogen-bond donors (Lipinski definition) is 0. The molecule has 1 atom stereocenters. The lowest BCUT2D eigenvalue weighted by Crippen LogP contribution is -2.50. The van der Waals surface area contributed by atoms with Crippen LogP contribution in [0.5, 0.6) is 0 Å². The summed E-state index contributed by atoms with van der Waals surface area (Å²) in [5.41, 5.74) is 1.61. The van der Waals surface area contributed by atoms with E-state index in [2.05, 4.69) is 0 Å². The second-order valence-electron chi connectivity index (χ2n) is 7.15. The zero-order valence-electron chi connectivity index (χ0n) is 16.2. The number of hydrogen-bond acceptors (Lipinski definition) is 3. The zero-order chi connectivity index (χ0) is 22.2. The van der Waals surface area contributed by atoms with E-state index in [9.17, 15) is 12.8 Å². The van der Waals surface area contributed by atoms with Crippen molar-refractivity contribution >= 4 is 50.5 Å². The number of halogens is 4. The van der Waals surface area contributed by atoms with Crippen LogP contribution in [0.4, 0.5) is 10.1 Å². The normalized spacial score (nSPS) is 17.7. The van der Waals surface area contributed by atoms with Crippen LogP contribution in [0.15, 0.2) is 71.6 Å². The van der Waals surface area contributed by atoms with E-state index in [0.29, 0.717) is 21.6 Å². The zero-order valence-corrected chi connectivity index (χ0v) is 19.3. The van der Waals surface area contributed by atoms with E-state index >= 15 is 0 Å². The van der Waals surface area contributed by atoms with E-state index in [0.717, 1.165) is 17.3 Å². The number of nitrogens with zero attached hydrogens (tertiary/aromatic N) is 2. The first-order valence-electron chi connectivity index (χ1n) is 9.49. The van der Waals surface area contributed by atoms with Crippen LogP contribution in [0.25, 0.3) is 0 Å². The predicted octanol–water partition coefficient (Wildman–Crippen LogP) is 6.04. The third-order valence-corrected chi connectivity index (χ3v) is 7.96. The maximum atomic E-state index is 14.3. The van der Waals surface area contributed by atoms with Gasteiger partial charge < -0.3 is 4.90 Å². The molecule has 1 saturated heterocycles. The third-order valence-electron chi connectivity index (χ3n) is 5.27. The highest BCUT2D eigenvalue weighted by atomic mass is 35.5. The molecule has 0 N–H and O–H groups in total. The Morgan fingerprint density at radius 2 is 1.55 bits per heavy atom. The molecule has 31 heavy (non-hydrogen) atoms. The van der Waals surface area contributed by atoms with Gasteiger partial charge in [-0.2, -0.15) is 4.31 Å². The SMILES string of the molecule is O=S(=O)(c1ccccc1F)N1CCN(c2ccc(Cl)cc2Cl)C(c2ccc(Cl)cc2)C1. The molecule has 0 bridgehead atoms. The second kappa shape index (κ2) is 8.96. The highest BCUT2D eigenvalue weighted by molar-refractivity contribution is 7.89. The molecule has 4 nitrogen and oxygen atoms in total. The van der Waals surface area contributed by atoms with Crippen molar-refractivity contribution in [1.29, 1.82) is 0 Å². The van der Waals surface area contributed by atoms with Crippen molar-refractivity contribution in [3.8, 4) is 0 Å². The van der Waals surface area contributed by atoms with E-state index in [-0.39, 0.29) is 24.0 Å². The molecule has 1 aliphatic heterocycles. The molecule has 4 rings (SSSR count). The van der Waals surface area contributed by atoms with Crippen molar-refractivity contribution in [3.63, 3.8) is 0 Å². The summed E-state index contributed by atoms with van der Waals surface area (Å²) < 4.78 is 42.0. The minimum atomic E-state index is -4.01. The predicted molar refractivity (Wildman–Crippen MR) is 123 cm³/mol. The summed E-state index contributed by atoms with van der Waals surface area (Å²) in [4.78, 5) is 1.71. The lowest BCUT2D eigenvalue weighted by atomic mass is 10.0. The van der Waals surface area contributed by atoms with Gasteiger partial charge in [0.05, 0.1) is 16.8 Å². The van der Waals surface area contributed by atoms with Gasteiger partial charge in [-0.25, -0.2) is 12.8 Å². The summed E-state index contributed by atoms with van der Waals surface area (Å²) >= 11 is 18.6. The van der Waals surface area contributed by atoms with Gasteiger partial charge >= 0.3 is 0 Å². The average Bonchev–Trinajstić information content (AvgIpc) is 2.74. The van der Waals surface area contributed by atoms with Gasteiger partial charge in [-0.05, 0) is 48.0 Å². The Labute approximate surface area is 195 Å². The second-order valence-corrected chi connectivity index (χ2v) is 10.3. The van der Waals surface area contributed by atoms with E-state index in [1.165, 1.54) is 22.5 Å². The molecule has 3 aromatic rings. The quantitative estimate of drug-likeness (QED) is 0.439. The van der Waals surface area contributed by atoms with Crippen molar-refractivity contribution < 1.29 is 12.8 Å². The summed E-state index contributed by atoms with van der Waals surface area (Å²) in [5, 5.41) is 1.56. The fourth-order valence-corrected chi connectivity index (χ4v) is 5.89. The maximum absolute atomic E-state index is 14.3. The average molecular weight is 500 g/mol. The van der Waals surface area contributed by atoms with Gasteiger partial charge in [0.2, 0.25) is 10.0 Å². The van der Waals surface area contributed by atoms with Crippen molar-refractivity contribution in [1.82, 2.24) is 4.31 Å². The van der Waals surface area contributed by atoms with Crippen molar-refractivity contribution in [3.05, 3.63) is 93.2 Å². The minimum absolute atomic E-state index is 0.122. The van der Waals surface area contributed by atoms with E-state index < -0.39 is 15.8 Å². The van der Waals surface area contributed by atoms with E-state index in [1.807, 2.05) is 23.1 Å². The van der Waals surface area contributed by atoms with Crippen LogP contribution >= 0.6 is 34.8 Å². The molecular formula is C22H18Cl3FN2O2S. The highest BCUT2D eigenvalue weighted by Gasteiger charge is 2.36. The molecule has 0 radical (unpaired) electrons. The van der Waals surface area contributed by atoms with Crippen LogP contribution < -0.4 is 4.90 Å². The molecule has 3 aromatic carbocycles. The van der Waals surface area contributed by atoms with Crippen LogP contribution in [0.1, 0.15) is 11.6 Å². The molecule has 162 valence electrons. The monoisotopic (exact) mass is 498 g/mol. The Hall–Kier alpha value is -1.83. The Bertz CT molecular complexity index is 1210. The van der Waals surface area contributed by atoms with Gasteiger partial charge in [-0.15, -0.1) is 0 Å². The van der Waals surface area contributed by atoms with Crippen LogP contribution in [0.2, 0.25) is 15.1 Å². The highest BCUT2D eigenvalue weighted by Crippen LogP contribution is 2.38. The molecule has 1 unspecified atom stereocenters. The van der Waals surface area contributed by atoms with Crippen LogP contribution in [0, 0.1) is 5.82 Å². The van der Waals surface area contributed by atoms with Gasteiger partial charge in [0.1, 0.15) is 10.7 Å². The number of piperazine rings is 1. The smallest absolute Gasteiger partial charge is 0.246 e. The molecule has 1 fully saturated rings. The van der Waals surface area contributed by atoms with Gasteiger partial charge in [0.15, 0.2) is 0 Å². The molecule has 0 saturated carbocycles. The first-order chi connectivity index (χ1) is 14.8. The molecule has 0 amide bonds. The van der Waals surface area contributed by atoms with Gasteiger partial charge in [0.25, 0.3) is 0 Å². The number of anilines is 1. The fourth-order valence-electron chi connectivity index (χ4n) is 3.74. The van der Waals surface area contributed by atoms with Gasteiger partial charge in [-0.3, -0.25) is 0 Å². The lowest BCUT2D eigenvalue weighted by molar-refractivity contribution is 0.334. The first-order valence-corrected chi connectivity index (χ1v) is 12.1. The van der Waals surface area contributed by atoms with Crippen LogP contribution in [-0.4, -0.2) is 32.4 Å². The first kappa shape index (κ1) is 22.4. The van der Waals surface area contributed by atoms with Gasteiger partial charge in [0, 0.05) is 29.7 Å². The molecule has 0 aliphatic carbocycles. The van der Waals surface area contributed by atoms with Crippen LogP contribution in [0.3, 0.4) is 0 Å². The Balaban J connectivity index is 1.74. The Morgan fingerprint density at radius 1 is 0.871 bits per heavy atom. The third kappa shape index (κ3) is 4.54. The largest absolute Gasteiger partial charge is 0.361 e. The summed E-state index contributed by atoms with van der Waals surface area (Å²) in [6.07, 6.45) is 0. The molecule has 0 aromatic heterocycles. The van der Waals surface area contributed by atoms with Crippen LogP contribution in [-0.2, 0) is 10.0 Å². The minimum Gasteiger partial charge on any atom is -0.361 e. The van der Waals surface area contributed by atoms with Crippen molar-refractivity contribution in [2.24, 2.45) is 0 Å². The molecule has 0 spiro atoms.